The number of carbonyl (C=O) groups excluding carboxylic acids is 3. The molecule has 1 aliphatic rings. The third-order valence-electron chi connectivity index (χ3n) is 4.51. The molecule has 3 amide bonds. The molecule has 4 rings (SSSR count). The van der Waals surface area contributed by atoms with Crippen molar-refractivity contribution in [3.8, 4) is 9.88 Å². The van der Waals surface area contributed by atoms with Crippen LogP contribution in [0.1, 0.15) is 37.7 Å². The van der Waals surface area contributed by atoms with E-state index in [1.54, 1.807) is 46.9 Å². The van der Waals surface area contributed by atoms with Crippen LogP contribution in [0.4, 0.5) is 0 Å². The van der Waals surface area contributed by atoms with Crippen LogP contribution in [0.5, 0.6) is 0 Å². The van der Waals surface area contributed by atoms with Gasteiger partial charge in [-0.3, -0.25) is 19.3 Å². The number of amides is 3. The van der Waals surface area contributed by atoms with Crippen molar-refractivity contribution < 1.29 is 14.4 Å². The van der Waals surface area contributed by atoms with Gasteiger partial charge in [0.1, 0.15) is 5.01 Å². The third kappa shape index (κ3) is 3.48. The smallest absolute Gasteiger partial charge is 0.261 e. The van der Waals surface area contributed by atoms with Crippen LogP contribution < -0.4 is 5.32 Å². The Morgan fingerprint density at radius 2 is 1.82 bits per heavy atom. The van der Waals surface area contributed by atoms with Gasteiger partial charge in [0.05, 0.1) is 28.2 Å². The monoisotopic (exact) mass is 411 g/mol. The molecule has 3 aromatic rings. The van der Waals surface area contributed by atoms with Crippen molar-refractivity contribution in [1.82, 2.24) is 15.2 Å². The van der Waals surface area contributed by atoms with Crippen molar-refractivity contribution >= 4 is 40.4 Å². The second-order valence-corrected chi connectivity index (χ2v) is 8.37. The lowest BCUT2D eigenvalue weighted by Gasteiger charge is -2.13. The molecule has 1 N–H and O–H groups in total. The fraction of sp³-hybridized carbons (Fsp3) is 0.200. The number of aromatic nitrogens is 1. The van der Waals surface area contributed by atoms with Gasteiger partial charge in [0.15, 0.2) is 0 Å². The first-order chi connectivity index (χ1) is 13.5. The van der Waals surface area contributed by atoms with Gasteiger partial charge >= 0.3 is 0 Å². The fourth-order valence-electron chi connectivity index (χ4n) is 3.02. The molecule has 28 heavy (non-hydrogen) atoms. The molecule has 0 fully saturated rings. The Kier molecular flexibility index (Phi) is 5.06. The number of carbonyl (C=O) groups is 3. The van der Waals surface area contributed by atoms with Crippen molar-refractivity contribution in [3.63, 3.8) is 0 Å². The number of rotatable bonds is 6. The van der Waals surface area contributed by atoms with Gasteiger partial charge < -0.3 is 5.32 Å². The molecule has 0 saturated carbocycles. The van der Waals surface area contributed by atoms with E-state index in [1.807, 2.05) is 24.4 Å². The van der Waals surface area contributed by atoms with Crippen LogP contribution in [0.25, 0.3) is 9.88 Å². The van der Waals surface area contributed by atoms with Gasteiger partial charge in [0, 0.05) is 17.8 Å². The maximum atomic E-state index is 12.3. The Hall–Kier alpha value is -2.84. The minimum absolute atomic E-state index is 0.0697. The zero-order valence-corrected chi connectivity index (χ0v) is 16.7. The van der Waals surface area contributed by atoms with E-state index in [0.717, 1.165) is 25.4 Å². The summed E-state index contributed by atoms with van der Waals surface area (Å²) in [6.07, 6.45) is 0.0705. The quantitative estimate of drug-likeness (QED) is 0.630. The lowest BCUT2D eigenvalue weighted by molar-refractivity contribution is -0.121. The Balaban J connectivity index is 1.33. The predicted octanol–water partition coefficient (Wildman–Crippen LogP) is 3.48. The SMILES string of the molecule is Cc1nc(-c2cccs2)sc1CNC(=O)CCN1C(=O)c2ccccc2C1=O. The molecule has 1 aliphatic heterocycles. The van der Waals surface area contributed by atoms with E-state index in [2.05, 4.69) is 10.3 Å². The minimum Gasteiger partial charge on any atom is -0.351 e. The molecule has 3 heterocycles. The molecule has 0 atom stereocenters. The highest BCUT2D eigenvalue weighted by Crippen LogP contribution is 2.31. The van der Waals surface area contributed by atoms with Crippen LogP contribution in [0.2, 0.25) is 0 Å². The molecule has 0 spiro atoms. The molecule has 8 heteroatoms. The van der Waals surface area contributed by atoms with E-state index in [4.69, 9.17) is 0 Å². The molecule has 2 aromatic heterocycles. The lowest BCUT2D eigenvalue weighted by Crippen LogP contribution is -2.34. The molecule has 6 nitrogen and oxygen atoms in total. The second kappa shape index (κ2) is 7.65. The van der Waals surface area contributed by atoms with Gasteiger partial charge in [-0.1, -0.05) is 18.2 Å². The number of thiazole rings is 1. The molecule has 142 valence electrons. The van der Waals surface area contributed by atoms with Crippen molar-refractivity contribution in [2.45, 2.75) is 19.9 Å². The molecule has 0 bridgehead atoms. The van der Waals surface area contributed by atoms with E-state index in [9.17, 15) is 14.4 Å². The predicted molar refractivity (Wildman–Crippen MR) is 108 cm³/mol. The van der Waals surface area contributed by atoms with E-state index in [0.29, 0.717) is 17.7 Å². The van der Waals surface area contributed by atoms with Crippen LogP contribution in [0.15, 0.2) is 41.8 Å². The van der Waals surface area contributed by atoms with Gasteiger partial charge in [-0.2, -0.15) is 0 Å². The normalized spacial score (nSPS) is 13.1. The third-order valence-corrected chi connectivity index (χ3v) is 6.71. The van der Waals surface area contributed by atoms with Crippen LogP contribution in [-0.4, -0.2) is 34.2 Å². The molecule has 1 aromatic carbocycles. The largest absolute Gasteiger partial charge is 0.351 e. The number of nitrogens with zero attached hydrogens (tertiary/aromatic N) is 2. The first kappa shape index (κ1) is 18.5. The number of benzene rings is 1. The summed E-state index contributed by atoms with van der Waals surface area (Å²) in [5.74, 6) is -0.887. The number of thiophene rings is 1. The number of fused-ring (bicyclic) bond motifs is 1. The van der Waals surface area contributed by atoms with Gasteiger partial charge in [0.25, 0.3) is 11.8 Å². The van der Waals surface area contributed by atoms with E-state index >= 15 is 0 Å². The summed E-state index contributed by atoms with van der Waals surface area (Å²) in [4.78, 5) is 44.7. The molecule has 0 saturated heterocycles. The highest BCUT2D eigenvalue weighted by molar-refractivity contribution is 7.21. The Bertz CT molecular complexity index is 1020. The Morgan fingerprint density at radius 3 is 2.46 bits per heavy atom. The summed E-state index contributed by atoms with van der Waals surface area (Å²) in [6, 6.07) is 10.7. The van der Waals surface area contributed by atoms with E-state index in [1.165, 1.54) is 0 Å². The van der Waals surface area contributed by atoms with Gasteiger partial charge in [0.2, 0.25) is 5.91 Å². The first-order valence-corrected chi connectivity index (χ1v) is 10.5. The Morgan fingerprint density at radius 1 is 1.11 bits per heavy atom. The molecular formula is C20H17N3O3S2. The highest BCUT2D eigenvalue weighted by Gasteiger charge is 2.34. The van der Waals surface area contributed by atoms with Crippen molar-refractivity contribution in [3.05, 3.63) is 63.5 Å². The number of imide groups is 1. The summed E-state index contributed by atoms with van der Waals surface area (Å²) in [5, 5.41) is 5.81. The zero-order valence-electron chi connectivity index (χ0n) is 15.1. The molecule has 0 aliphatic carbocycles. The van der Waals surface area contributed by atoms with Crippen LogP contribution in [0.3, 0.4) is 0 Å². The van der Waals surface area contributed by atoms with Crippen LogP contribution >= 0.6 is 22.7 Å². The van der Waals surface area contributed by atoms with Crippen LogP contribution in [-0.2, 0) is 11.3 Å². The topological polar surface area (TPSA) is 79.4 Å². The maximum Gasteiger partial charge on any atom is 0.261 e. The average molecular weight is 412 g/mol. The van der Waals surface area contributed by atoms with E-state index < -0.39 is 0 Å². The van der Waals surface area contributed by atoms with Crippen LogP contribution in [0, 0.1) is 6.92 Å². The van der Waals surface area contributed by atoms with Gasteiger partial charge in [-0.25, -0.2) is 4.98 Å². The van der Waals surface area contributed by atoms with Crippen molar-refractivity contribution in [2.24, 2.45) is 0 Å². The van der Waals surface area contributed by atoms with Crippen molar-refractivity contribution in [1.29, 1.82) is 0 Å². The average Bonchev–Trinajstić information content (AvgIpc) is 3.40. The summed E-state index contributed by atoms with van der Waals surface area (Å²) < 4.78 is 0. The van der Waals surface area contributed by atoms with Gasteiger partial charge in [-0.05, 0) is 30.5 Å². The highest BCUT2D eigenvalue weighted by atomic mass is 32.1. The zero-order chi connectivity index (χ0) is 19.7. The minimum atomic E-state index is -0.340. The summed E-state index contributed by atoms with van der Waals surface area (Å²) in [5.41, 5.74) is 1.69. The molecular weight excluding hydrogens is 394 g/mol. The van der Waals surface area contributed by atoms with Crippen molar-refractivity contribution in [2.75, 3.05) is 6.54 Å². The Labute approximate surface area is 169 Å². The summed E-state index contributed by atoms with van der Waals surface area (Å²) in [7, 11) is 0. The number of aryl methyl sites for hydroxylation is 1. The fourth-order valence-corrected chi connectivity index (χ4v) is 4.82. The second-order valence-electron chi connectivity index (χ2n) is 6.34. The molecule has 0 radical (unpaired) electrons. The lowest BCUT2D eigenvalue weighted by atomic mass is 10.1. The maximum absolute atomic E-state index is 12.3. The van der Waals surface area contributed by atoms with Gasteiger partial charge in [-0.15, -0.1) is 22.7 Å². The molecule has 0 unspecified atom stereocenters. The number of hydrogen-bond acceptors (Lipinski definition) is 6. The first-order valence-electron chi connectivity index (χ1n) is 8.76. The van der Waals surface area contributed by atoms with E-state index in [-0.39, 0.29) is 30.7 Å². The summed E-state index contributed by atoms with van der Waals surface area (Å²) >= 11 is 3.19. The summed E-state index contributed by atoms with van der Waals surface area (Å²) in [6.45, 7) is 2.38. The number of hydrogen-bond donors (Lipinski definition) is 1. The number of nitrogens with one attached hydrogen (secondary N) is 1. The standard InChI is InChI=1S/C20H17N3O3S2/c1-12-16(28-18(22-12)15-7-4-10-27-15)11-21-17(24)8-9-23-19(25)13-5-2-3-6-14(13)20(23)26/h2-7,10H,8-9,11H2,1H3,(H,21,24).